The summed E-state index contributed by atoms with van der Waals surface area (Å²) in [5.41, 5.74) is 1.81. The summed E-state index contributed by atoms with van der Waals surface area (Å²) in [4.78, 5) is 35.6. The second-order valence-electron chi connectivity index (χ2n) is 5.61. The van der Waals surface area contributed by atoms with E-state index in [0.29, 0.717) is 31.4 Å². The van der Waals surface area contributed by atoms with E-state index in [-0.39, 0.29) is 23.5 Å². The van der Waals surface area contributed by atoms with Crippen LogP contribution in [0.3, 0.4) is 0 Å². The largest absolute Gasteiger partial charge is 0.326 e. The van der Waals surface area contributed by atoms with Crippen LogP contribution in [-0.2, 0) is 9.59 Å². The second kappa shape index (κ2) is 9.54. The molecule has 3 amide bonds. The molecular formula is C16H15N7O3S3. The summed E-state index contributed by atoms with van der Waals surface area (Å²) in [6, 6.07) is 6.79. The molecule has 150 valence electrons. The van der Waals surface area contributed by atoms with Crippen LogP contribution in [0.25, 0.3) is 0 Å². The number of aryl methyl sites for hydroxylation is 1. The topological polar surface area (TPSA) is 139 Å². The van der Waals surface area contributed by atoms with Gasteiger partial charge in [-0.3, -0.25) is 19.7 Å². The lowest BCUT2D eigenvalue weighted by Crippen LogP contribution is -2.14. The van der Waals surface area contributed by atoms with Crippen molar-refractivity contribution in [1.82, 2.24) is 19.8 Å². The molecule has 0 radical (unpaired) electrons. The van der Waals surface area contributed by atoms with Gasteiger partial charge in [-0.1, -0.05) is 27.6 Å². The molecule has 0 aliphatic rings. The molecule has 3 aromatic rings. The molecule has 2 heterocycles. The fourth-order valence-corrected chi connectivity index (χ4v) is 4.18. The van der Waals surface area contributed by atoms with Crippen molar-refractivity contribution >= 4 is 68.9 Å². The van der Waals surface area contributed by atoms with Crippen molar-refractivity contribution in [1.29, 1.82) is 0 Å². The van der Waals surface area contributed by atoms with E-state index >= 15 is 0 Å². The van der Waals surface area contributed by atoms with Gasteiger partial charge in [-0.2, -0.15) is 0 Å². The molecule has 29 heavy (non-hydrogen) atoms. The van der Waals surface area contributed by atoms with Crippen molar-refractivity contribution in [2.45, 2.75) is 18.2 Å². The zero-order chi connectivity index (χ0) is 20.8. The maximum Gasteiger partial charge on any atom is 0.271 e. The number of aromatic nitrogens is 4. The minimum atomic E-state index is -0.342. The highest BCUT2D eigenvalue weighted by atomic mass is 32.2. The van der Waals surface area contributed by atoms with Gasteiger partial charge in [-0.05, 0) is 42.7 Å². The van der Waals surface area contributed by atoms with E-state index in [0.717, 1.165) is 11.5 Å². The molecule has 1 aromatic carbocycles. The fraction of sp³-hybridized carbons (Fsp3) is 0.188. The Kier molecular flexibility index (Phi) is 6.85. The van der Waals surface area contributed by atoms with Crippen LogP contribution in [0.5, 0.6) is 0 Å². The molecule has 3 N–H and O–H groups in total. The van der Waals surface area contributed by atoms with Crippen LogP contribution in [0.15, 0.2) is 28.6 Å². The Morgan fingerprint density at radius 1 is 1.00 bits per heavy atom. The van der Waals surface area contributed by atoms with E-state index in [9.17, 15) is 14.4 Å². The van der Waals surface area contributed by atoms with Gasteiger partial charge in [0.2, 0.25) is 16.9 Å². The van der Waals surface area contributed by atoms with Crippen LogP contribution in [0, 0.1) is 6.92 Å². The highest BCUT2D eigenvalue weighted by molar-refractivity contribution is 8.01. The minimum absolute atomic E-state index is 0.133. The van der Waals surface area contributed by atoms with E-state index in [1.54, 1.807) is 31.2 Å². The molecule has 0 aliphatic carbocycles. The Balaban J connectivity index is 1.47. The summed E-state index contributed by atoms with van der Waals surface area (Å²) in [6.45, 7) is 3.13. The zero-order valence-corrected chi connectivity index (χ0v) is 17.7. The van der Waals surface area contributed by atoms with Crippen molar-refractivity contribution in [3.8, 4) is 0 Å². The van der Waals surface area contributed by atoms with Crippen LogP contribution < -0.4 is 16.0 Å². The highest BCUT2D eigenvalue weighted by Crippen LogP contribution is 2.26. The summed E-state index contributed by atoms with van der Waals surface area (Å²) in [6.07, 6.45) is 0. The van der Waals surface area contributed by atoms with E-state index in [2.05, 4.69) is 35.7 Å². The van der Waals surface area contributed by atoms with Gasteiger partial charge in [0.05, 0.1) is 11.4 Å². The van der Waals surface area contributed by atoms with Crippen molar-refractivity contribution in [3.63, 3.8) is 0 Å². The highest BCUT2D eigenvalue weighted by Gasteiger charge is 2.16. The molecule has 0 atom stereocenters. The zero-order valence-electron chi connectivity index (χ0n) is 15.3. The standard InChI is InChI=1S/C16H15N7O3S3/c1-8-13(29-23-20-8)14(26)19-15-21-22-16(28-15)27-7-12(25)18-11-5-3-10(4-6-11)17-9(2)24/h3-6H,7H2,1-2H3,(H,17,24)(H,18,25)(H,19,21,26). The minimum Gasteiger partial charge on any atom is -0.326 e. The number of anilines is 3. The number of nitrogens with one attached hydrogen (secondary N) is 3. The van der Waals surface area contributed by atoms with Crippen LogP contribution in [-0.4, -0.2) is 43.3 Å². The number of benzene rings is 1. The third-order valence-corrected chi connectivity index (χ3v) is 6.10. The van der Waals surface area contributed by atoms with Gasteiger partial charge in [-0.15, -0.1) is 15.3 Å². The molecule has 0 bridgehead atoms. The lowest BCUT2D eigenvalue weighted by atomic mass is 10.3. The molecule has 3 rings (SSSR count). The number of thioether (sulfide) groups is 1. The second-order valence-corrected chi connectivity index (χ2v) is 8.56. The molecule has 0 spiro atoms. The van der Waals surface area contributed by atoms with E-state index < -0.39 is 0 Å². The SMILES string of the molecule is CC(=O)Nc1ccc(NC(=O)CSc2nnc(NC(=O)c3snnc3C)s2)cc1. The number of carbonyl (C=O) groups excluding carboxylic acids is 3. The molecule has 13 heteroatoms. The summed E-state index contributed by atoms with van der Waals surface area (Å²) in [5.74, 6) is -0.585. The molecule has 0 saturated carbocycles. The van der Waals surface area contributed by atoms with Gasteiger partial charge in [-0.25, -0.2) is 0 Å². The predicted octanol–water partition coefficient (Wildman–Crippen LogP) is 2.64. The molecular weight excluding hydrogens is 434 g/mol. The monoisotopic (exact) mass is 449 g/mol. The first-order valence-corrected chi connectivity index (χ1v) is 10.7. The Morgan fingerprint density at radius 3 is 2.31 bits per heavy atom. The number of nitrogens with zero attached hydrogens (tertiary/aromatic N) is 4. The smallest absolute Gasteiger partial charge is 0.271 e. The van der Waals surface area contributed by atoms with Gasteiger partial charge in [0.25, 0.3) is 5.91 Å². The summed E-state index contributed by atoms with van der Waals surface area (Å²) in [5, 5.41) is 20.0. The van der Waals surface area contributed by atoms with Crippen molar-refractivity contribution in [2.24, 2.45) is 0 Å². The number of hydrogen-bond donors (Lipinski definition) is 3. The van der Waals surface area contributed by atoms with E-state index in [4.69, 9.17) is 0 Å². The van der Waals surface area contributed by atoms with E-state index in [1.807, 2.05) is 0 Å². The van der Waals surface area contributed by atoms with Crippen molar-refractivity contribution < 1.29 is 14.4 Å². The van der Waals surface area contributed by atoms with Gasteiger partial charge in [0.15, 0.2) is 4.34 Å². The van der Waals surface area contributed by atoms with Crippen molar-refractivity contribution in [3.05, 3.63) is 34.8 Å². The third-order valence-electron chi connectivity index (χ3n) is 3.30. The lowest BCUT2D eigenvalue weighted by Gasteiger charge is -2.06. The molecule has 0 fully saturated rings. The summed E-state index contributed by atoms with van der Waals surface area (Å²) >= 11 is 3.39. The quantitative estimate of drug-likeness (QED) is 0.369. The Labute approximate surface area is 177 Å². The molecule has 0 unspecified atom stereocenters. The van der Waals surface area contributed by atoms with E-state index in [1.165, 1.54) is 30.0 Å². The third kappa shape index (κ3) is 6.04. The molecule has 0 aliphatic heterocycles. The average Bonchev–Trinajstić information content (AvgIpc) is 3.30. The first-order chi connectivity index (χ1) is 13.9. The maximum absolute atomic E-state index is 12.1. The first kappa shape index (κ1) is 20.8. The molecule has 10 nitrogen and oxygen atoms in total. The Hall–Kier alpha value is -2.90. The fourth-order valence-electron chi connectivity index (χ4n) is 2.08. The lowest BCUT2D eigenvalue weighted by molar-refractivity contribution is -0.114. The Morgan fingerprint density at radius 2 is 1.69 bits per heavy atom. The molecule has 2 aromatic heterocycles. The van der Waals surface area contributed by atoms with Gasteiger partial charge < -0.3 is 10.6 Å². The number of hydrogen-bond acceptors (Lipinski definition) is 10. The van der Waals surface area contributed by atoms with Gasteiger partial charge in [0, 0.05) is 18.3 Å². The summed E-state index contributed by atoms with van der Waals surface area (Å²) < 4.78 is 4.27. The van der Waals surface area contributed by atoms with Crippen molar-refractivity contribution in [2.75, 3.05) is 21.7 Å². The normalized spacial score (nSPS) is 10.4. The Bertz CT molecular complexity index is 1030. The first-order valence-electron chi connectivity index (χ1n) is 8.15. The number of amides is 3. The summed E-state index contributed by atoms with van der Waals surface area (Å²) in [7, 11) is 0. The van der Waals surface area contributed by atoms with Gasteiger partial charge in [0.1, 0.15) is 4.88 Å². The maximum atomic E-state index is 12.1. The van der Waals surface area contributed by atoms with Crippen LogP contribution in [0.1, 0.15) is 22.3 Å². The average molecular weight is 450 g/mol. The molecule has 0 saturated heterocycles. The van der Waals surface area contributed by atoms with Crippen LogP contribution in [0.4, 0.5) is 16.5 Å². The van der Waals surface area contributed by atoms with Gasteiger partial charge >= 0.3 is 0 Å². The number of carbonyl (C=O) groups is 3. The van der Waals surface area contributed by atoms with Crippen LogP contribution >= 0.6 is 34.6 Å². The predicted molar refractivity (Wildman–Crippen MR) is 113 cm³/mol. The van der Waals surface area contributed by atoms with Crippen LogP contribution in [0.2, 0.25) is 0 Å². The number of rotatable bonds is 7.